The maximum absolute atomic E-state index is 12.8. The molecule has 11 nitrogen and oxygen atoms in total. The lowest BCUT2D eigenvalue weighted by Gasteiger charge is -2.26. The first-order chi connectivity index (χ1) is 15.5. The van der Waals surface area contributed by atoms with Crippen LogP contribution in [-0.2, 0) is 20.9 Å². The first kappa shape index (κ1) is 24.3. The summed E-state index contributed by atoms with van der Waals surface area (Å²) in [6.45, 7) is 6.62. The van der Waals surface area contributed by atoms with Crippen molar-refractivity contribution < 1.29 is 28.8 Å². The fourth-order valence-electron chi connectivity index (χ4n) is 3.87. The van der Waals surface area contributed by atoms with Gasteiger partial charge in [0.05, 0.1) is 4.92 Å². The molecule has 1 N–H and O–H groups in total. The quantitative estimate of drug-likeness (QED) is 0.526. The van der Waals surface area contributed by atoms with E-state index in [1.807, 2.05) is 0 Å². The number of nitro benzene ring substituents is 1. The monoisotopic (exact) mass is 462 g/mol. The molecule has 1 aromatic rings. The number of nitrogens with one attached hydrogen (secondary N) is 1. The highest BCUT2D eigenvalue weighted by molar-refractivity contribution is 5.86. The van der Waals surface area contributed by atoms with Crippen LogP contribution in [0.25, 0.3) is 0 Å². The number of hydrogen-bond donors (Lipinski definition) is 1. The lowest BCUT2D eigenvalue weighted by Crippen LogP contribution is -2.49. The number of nitrogens with zero attached hydrogens (tertiary/aromatic N) is 3. The number of hydrogen-bond acceptors (Lipinski definition) is 7. The zero-order valence-electron chi connectivity index (χ0n) is 19.1. The molecular weight excluding hydrogens is 432 g/mol. The first-order valence-corrected chi connectivity index (χ1v) is 11.0. The number of likely N-dealkylation sites (tertiary alicyclic amines) is 2. The fourth-order valence-corrected chi connectivity index (χ4v) is 3.87. The summed E-state index contributed by atoms with van der Waals surface area (Å²) in [5, 5.41) is 13.7. The molecule has 11 heteroatoms. The molecule has 0 aliphatic carbocycles. The Morgan fingerprint density at radius 2 is 1.82 bits per heavy atom. The molecule has 2 heterocycles. The van der Waals surface area contributed by atoms with Gasteiger partial charge in [-0.15, -0.1) is 0 Å². The molecule has 33 heavy (non-hydrogen) atoms. The van der Waals surface area contributed by atoms with Gasteiger partial charge in [0.2, 0.25) is 5.91 Å². The summed E-state index contributed by atoms with van der Waals surface area (Å²) in [5.41, 5.74) is -0.0155. The van der Waals surface area contributed by atoms with Crippen molar-refractivity contribution in [1.82, 2.24) is 15.1 Å². The molecule has 2 aliphatic rings. The van der Waals surface area contributed by atoms with Crippen molar-refractivity contribution in [2.75, 3.05) is 19.6 Å². The molecule has 0 bridgehead atoms. The zero-order chi connectivity index (χ0) is 24.2. The second-order valence-electron chi connectivity index (χ2n) is 9.25. The van der Waals surface area contributed by atoms with Crippen molar-refractivity contribution >= 4 is 23.8 Å². The second kappa shape index (κ2) is 10.1. The predicted molar refractivity (Wildman–Crippen MR) is 117 cm³/mol. The van der Waals surface area contributed by atoms with Gasteiger partial charge in [-0.25, -0.2) is 9.59 Å². The number of carbonyl (C=O) groups excluding carboxylic acids is 3. The third kappa shape index (κ3) is 6.56. The van der Waals surface area contributed by atoms with Gasteiger partial charge >= 0.3 is 12.2 Å². The van der Waals surface area contributed by atoms with Crippen LogP contribution in [0.15, 0.2) is 24.3 Å². The van der Waals surface area contributed by atoms with Crippen molar-refractivity contribution in [3.63, 3.8) is 0 Å². The Hall–Kier alpha value is -3.37. The highest BCUT2D eigenvalue weighted by Crippen LogP contribution is 2.21. The Balaban J connectivity index is 1.49. The molecule has 0 unspecified atom stereocenters. The smallest absolute Gasteiger partial charge is 0.410 e. The molecule has 2 atom stereocenters. The Bertz CT molecular complexity index is 897. The number of benzene rings is 1. The lowest BCUT2D eigenvalue weighted by atomic mass is 10.2. The van der Waals surface area contributed by atoms with Gasteiger partial charge in [0.25, 0.3) is 5.69 Å². The highest BCUT2D eigenvalue weighted by Gasteiger charge is 2.37. The van der Waals surface area contributed by atoms with Gasteiger partial charge < -0.3 is 19.7 Å². The Kier molecular flexibility index (Phi) is 7.39. The number of rotatable bonds is 5. The standard InChI is InChI=1S/C22H30N4O7/c1-22(2,3)33-20(28)24-12-10-16(13-24)23-19(27)18-5-4-11-25(18)21(29)32-14-15-6-8-17(9-7-15)26(30)31/h6-9,16,18H,4-5,10-14H2,1-3H3,(H,23,27)/t16-,18-/m0/s1. The number of ether oxygens (including phenoxy) is 2. The number of non-ortho nitro benzene ring substituents is 1. The normalized spacial score (nSPS) is 20.5. The molecule has 3 amide bonds. The molecule has 2 fully saturated rings. The van der Waals surface area contributed by atoms with Crippen LogP contribution >= 0.6 is 0 Å². The topological polar surface area (TPSA) is 131 Å². The van der Waals surface area contributed by atoms with Crippen LogP contribution in [0.4, 0.5) is 15.3 Å². The van der Waals surface area contributed by atoms with E-state index >= 15 is 0 Å². The van der Waals surface area contributed by atoms with E-state index in [-0.39, 0.29) is 24.2 Å². The number of nitro groups is 1. The zero-order valence-corrected chi connectivity index (χ0v) is 19.1. The SMILES string of the molecule is CC(C)(C)OC(=O)N1CC[C@H](NC(=O)[C@@H]2CCCN2C(=O)OCc2ccc([N+](=O)[O-])cc2)C1. The van der Waals surface area contributed by atoms with Crippen molar-refractivity contribution in [2.24, 2.45) is 0 Å². The van der Waals surface area contributed by atoms with E-state index in [9.17, 15) is 24.5 Å². The Morgan fingerprint density at radius 3 is 2.45 bits per heavy atom. The van der Waals surface area contributed by atoms with E-state index in [2.05, 4.69) is 5.32 Å². The van der Waals surface area contributed by atoms with Gasteiger partial charge in [-0.2, -0.15) is 0 Å². The Morgan fingerprint density at radius 1 is 1.12 bits per heavy atom. The molecule has 3 rings (SSSR count). The number of amides is 3. The lowest BCUT2D eigenvalue weighted by molar-refractivity contribution is -0.384. The van der Waals surface area contributed by atoms with E-state index in [0.29, 0.717) is 44.5 Å². The molecule has 0 saturated carbocycles. The van der Waals surface area contributed by atoms with Crippen LogP contribution in [0, 0.1) is 10.1 Å². The summed E-state index contributed by atoms with van der Waals surface area (Å²) in [5.74, 6) is -0.268. The molecule has 1 aromatic carbocycles. The minimum absolute atomic E-state index is 0.0431. The van der Waals surface area contributed by atoms with Gasteiger partial charge in [-0.3, -0.25) is 19.8 Å². The summed E-state index contributed by atoms with van der Waals surface area (Å²) in [4.78, 5) is 50.8. The molecule has 180 valence electrons. The predicted octanol–water partition coefficient (Wildman–Crippen LogP) is 2.82. The summed E-state index contributed by atoms with van der Waals surface area (Å²) in [6.07, 6.45) is 0.812. The van der Waals surface area contributed by atoms with Gasteiger partial charge in [-0.05, 0) is 57.7 Å². The van der Waals surface area contributed by atoms with Gasteiger partial charge in [0.15, 0.2) is 0 Å². The maximum atomic E-state index is 12.8. The molecule has 2 saturated heterocycles. The summed E-state index contributed by atoms with van der Waals surface area (Å²) < 4.78 is 10.7. The minimum Gasteiger partial charge on any atom is -0.445 e. The number of carbonyl (C=O) groups is 3. The minimum atomic E-state index is -0.634. The van der Waals surface area contributed by atoms with E-state index in [1.54, 1.807) is 25.7 Å². The summed E-state index contributed by atoms with van der Waals surface area (Å²) in [6, 6.07) is 4.90. The van der Waals surface area contributed by atoms with Gasteiger partial charge in [0, 0.05) is 37.8 Å². The van der Waals surface area contributed by atoms with Crippen molar-refractivity contribution in [3.8, 4) is 0 Å². The van der Waals surface area contributed by atoms with Crippen molar-refractivity contribution in [3.05, 3.63) is 39.9 Å². The third-order valence-corrected chi connectivity index (χ3v) is 5.49. The van der Waals surface area contributed by atoms with Crippen LogP contribution in [0.3, 0.4) is 0 Å². The van der Waals surface area contributed by atoms with Crippen LogP contribution < -0.4 is 5.32 Å². The Labute approximate surface area is 192 Å². The van der Waals surface area contributed by atoms with E-state index in [4.69, 9.17) is 9.47 Å². The van der Waals surface area contributed by atoms with Crippen molar-refractivity contribution in [2.45, 2.75) is 64.3 Å². The molecule has 0 spiro atoms. The van der Waals surface area contributed by atoms with Crippen LogP contribution in [-0.4, -0.2) is 70.1 Å². The second-order valence-corrected chi connectivity index (χ2v) is 9.25. The average Bonchev–Trinajstić information content (AvgIpc) is 3.41. The van der Waals surface area contributed by atoms with Crippen LogP contribution in [0.2, 0.25) is 0 Å². The largest absolute Gasteiger partial charge is 0.445 e. The molecule has 0 radical (unpaired) electrons. The molecule has 0 aromatic heterocycles. The van der Waals surface area contributed by atoms with E-state index in [1.165, 1.54) is 29.2 Å². The summed E-state index contributed by atoms with van der Waals surface area (Å²) >= 11 is 0. The van der Waals surface area contributed by atoms with Gasteiger partial charge in [-0.1, -0.05) is 0 Å². The highest BCUT2D eigenvalue weighted by atomic mass is 16.6. The third-order valence-electron chi connectivity index (χ3n) is 5.49. The van der Waals surface area contributed by atoms with Crippen LogP contribution in [0.5, 0.6) is 0 Å². The van der Waals surface area contributed by atoms with Crippen molar-refractivity contribution in [1.29, 1.82) is 0 Å². The van der Waals surface area contributed by atoms with Crippen LogP contribution in [0.1, 0.15) is 45.6 Å². The summed E-state index contributed by atoms with van der Waals surface area (Å²) in [7, 11) is 0. The first-order valence-electron chi connectivity index (χ1n) is 11.0. The fraction of sp³-hybridized carbons (Fsp3) is 0.591. The average molecular weight is 463 g/mol. The van der Waals surface area contributed by atoms with E-state index in [0.717, 1.165) is 0 Å². The van der Waals surface area contributed by atoms with Gasteiger partial charge in [0.1, 0.15) is 18.2 Å². The molecular formula is C22H30N4O7. The molecule has 2 aliphatic heterocycles. The van der Waals surface area contributed by atoms with E-state index < -0.39 is 28.8 Å². The maximum Gasteiger partial charge on any atom is 0.410 e.